The number of aliphatic hydroxyl groups is 1. The number of hydrogen-bond donors (Lipinski definition) is 2. The van der Waals surface area contributed by atoms with Crippen molar-refractivity contribution in [1.29, 1.82) is 0 Å². The van der Waals surface area contributed by atoms with Crippen LogP contribution in [0.3, 0.4) is 0 Å². The molecule has 2 aromatic carbocycles. The van der Waals surface area contributed by atoms with Crippen LogP contribution in [0.5, 0.6) is 0 Å². The molecule has 4 heteroatoms. The van der Waals surface area contributed by atoms with Gasteiger partial charge in [-0.15, -0.1) is 0 Å². The fraction of sp³-hybridized carbons (Fsp3) is 0.188. The molecule has 2 rings (SSSR count). The summed E-state index contributed by atoms with van der Waals surface area (Å²) >= 11 is 0. The van der Waals surface area contributed by atoms with Crippen molar-refractivity contribution in [2.75, 3.05) is 11.5 Å². The van der Waals surface area contributed by atoms with Gasteiger partial charge in [-0.05, 0) is 17.7 Å². The summed E-state index contributed by atoms with van der Waals surface area (Å²) in [6.45, 7) is -0.000554. The first-order valence-electron chi connectivity index (χ1n) is 6.41. The molecule has 0 heterocycles. The Labute approximate surface area is 117 Å². The maximum atomic E-state index is 11.3. The lowest BCUT2D eigenvalue weighted by atomic mass is 10.1. The zero-order valence-electron chi connectivity index (χ0n) is 11.0. The van der Waals surface area contributed by atoms with Crippen LogP contribution in [0, 0.1) is 0 Å². The second-order valence-electron chi connectivity index (χ2n) is 4.49. The summed E-state index contributed by atoms with van der Waals surface area (Å²) in [6, 6.07) is 17.9. The van der Waals surface area contributed by atoms with Gasteiger partial charge >= 0.3 is 5.97 Å². The van der Waals surface area contributed by atoms with Gasteiger partial charge in [-0.1, -0.05) is 48.5 Å². The summed E-state index contributed by atoms with van der Waals surface area (Å²) < 4.78 is 0. The summed E-state index contributed by atoms with van der Waals surface area (Å²) in [5.74, 6) is -1.03. The van der Waals surface area contributed by atoms with E-state index in [2.05, 4.69) is 0 Å². The van der Waals surface area contributed by atoms with E-state index >= 15 is 0 Å². The minimum atomic E-state index is -1.03. The van der Waals surface area contributed by atoms with E-state index in [1.54, 1.807) is 4.90 Å². The first-order chi connectivity index (χ1) is 9.72. The van der Waals surface area contributed by atoms with Crippen molar-refractivity contribution < 1.29 is 15.0 Å². The third-order valence-corrected chi connectivity index (χ3v) is 3.12. The minimum Gasteiger partial charge on any atom is -0.480 e. The van der Waals surface area contributed by atoms with Crippen molar-refractivity contribution >= 4 is 11.7 Å². The lowest BCUT2D eigenvalue weighted by Crippen LogP contribution is -2.43. The van der Waals surface area contributed by atoms with Crippen molar-refractivity contribution in [3.05, 3.63) is 66.2 Å². The number of nitrogens with zero attached hydrogens (tertiary/aromatic N) is 1. The van der Waals surface area contributed by atoms with Crippen LogP contribution in [0.15, 0.2) is 60.7 Å². The highest BCUT2D eigenvalue weighted by Gasteiger charge is 2.25. The molecule has 0 aliphatic carbocycles. The smallest absolute Gasteiger partial charge is 0.328 e. The normalized spacial score (nSPS) is 11.8. The van der Waals surface area contributed by atoms with E-state index in [0.717, 1.165) is 11.3 Å². The first kappa shape index (κ1) is 14.1. The van der Waals surface area contributed by atoms with Gasteiger partial charge in [0.1, 0.15) is 0 Å². The Bertz CT molecular complexity index is 542. The zero-order valence-corrected chi connectivity index (χ0v) is 11.0. The number of aliphatic carboxylic acids is 1. The van der Waals surface area contributed by atoms with Crippen molar-refractivity contribution in [2.24, 2.45) is 0 Å². The minimum absolute atomic E-state index is 0.433. The van der Waals surface area contributed by atoms with Gasteiger partial charge in [0.25, 0.3) is 0 Å². The number of benzene rings is 2. The van der Waals surface area contributed by atoms with Gasteiger partial charge in [-0.3, -0.25) is 0 Å². The van der Waals surface area contributed by atoms with Crippen LogP contribution >= 0.6 is 0 Å². The Hall–Kier alpha value is -2.33. The van der Waals surface area contributed by atoms with Gasteiger partial charge in [-0.25, -0.2) is 4.79 Å². The number of rotatable bonds is 6. The molecule has 2 aromatic rings. The maximum Gasteiger partial charge on any atom is 0.328 e. The number of hydrogen-bond acceptors (Lipinski definition) is 3. The molecule has 104 valence electrons. The quantitative estimate of drug-likeness (QED) is 0.845. The molecular formula is C16H17NO3. The van der Waals surface area contributed by atoms with Gasteiger partial charge in [-0.2, -0.15) is 0 Å². The third kappa shape index (κ3) is 3.36. The van der Waals surface area contributed by atoms with Crippen molar-refractivity contribution in [1.82, 2.24) is 0 Å². The van der Waals surface area contributed by atoms with Crippen LogP contribution in [0.4, 0.5) is 5.69 Å². The topological polar surface area (TPSA) is 60.8 Å². The fourth-order valence-electron chi connectivity index (χ4n) is 2.09. The maximum absolute atomic E-state index is 11.3. The third-order valence-electron chi connectivity index (χ3n) is 3.12. The number of carboxylic acid groups (broad SMARTS) is 1. The molecule has 0 aromatic heterocycles. The molecule has 0 aliphatic rings. The lowest BCUT2D eigenvalue weighted by molar-refractivity contribution is -0.139. The molecule has 0 unspecified atom stereocenters. The Morgan fingerprint density at radius 2 is 1.55 bits per heavy atom. The predicted octanol–water partition coefficient (Wildman–Crippen LogP) is 2.14. The van der Waals surface area contributed by atoms with Crippen LogP contribution in [-0.4, -0.2) is 28.8 Å². The average molecular weight is 271 g/mol. The van der Waals surface area contributed by atoms with E-state index in [9.17, 15) is 15.0 Å². The molecule has 0 saturated carbocycles. The van der Waals surface area contributed by atoms with Crippen LogP contribution in [0.2, 0.25) is 0 Å². The number of aliphatic hydroxyl groups excluding tert-OH is 1. The van der Waals surface area contributed by atoms with Crippen LogP contribution in [0.25, 0.3) is 0 Å². The van der Waals surface area contributed by atoms with Crippen LogP contribution in [-0.2, 0) is 11.3 Å². The Balaban J connectivity index is 2.31. The van der Waals surface area contributed by atoms with Crippen molar-refractivity contribution in [2.45, 2.75) is 12.6 Å². The first-order valence-corrected chi connectivity index (χ1v) is 6.41. The molecule has 0 spiro atoms. The molecule has 2 N–H and O–H groups in total. The molecule has 0 radical (unpaired) electrons. The van der Waals surface area contributed by atoms with E-state index in [4.69, 9.17) is 0 Å². The van der Waals surface area contributed by atoms with Gasteiger partial charge in [0, 0.05) is 12.2 Å². The Morgan fingerprint density at radius 1 is 1.00 bits per heavy atom. The van der Waals surface area contributed by atoms with E-state index in [0.29, 0.717) is 6.54 Å². The largest absolute Gasteiger partial charge is 0.480 e. The molecule has 0 bridgehead atoms. The van der Waals surface area contributed by atoms with Crippen molar-refractivity contribution in [3.63, 3.8) is 0 Å². The molecule has 0 aliphatic heterocycles. The lowest BCUT2D eigenvalue weighted by Gasteiger charge is -2.30. The zero-order chi connectivity index (χ0) is 14.4. The number of para-hydroxylation sites is 1. The molecule has 0 fully saturated rings. The summed E-state index contributed by atoms with van der Waals surface area (Å²) in [7, 11) is 0. The van der Waals surface area contributed by atoms with E-state index in [-0.39, 0.29) is 0 Å². The monoisotopic (exact) mass is 271 g/mol. The standard InChI is InChI=1S/C16H17NO3/c18-12-15(16(19)20)17(14-9-5-2-6-10-14)11-13-7-3-1-4-8-13/h1-10,15,18H,11-12H2,(H,19,20)/t15-/m0/s1. The van der Waals surface area contributed by atoms with E-state index < -0.39 is 18.6 Å². The summed E-state index contributed by atoms with van der Waals surface area (Å²) in [6.07, 6.45) is 0. The molecule has 0 amide bonds. The Kier molecular flexibility index (Phi) is 4.74. The molecule has 0 saturated heterocycles. The summed E-state index contributed by atoms with van der Waals surface area (Å²) in [5, 5.41) is 18.7. The SMILES string of the molecule is O=C(O)[C@H](CO)N(Cc1ccccc1)c1ccccc1. The highest BCUT2D eigenvalue weighted by atomic mass is 16.4. The van der Waals surface area contributed by atoms with Gasteiger partial charge in [0.2, 0.25) is 0 Å². The average Bonchev–Trinajstić information content (AvgIpc) is 2.48. The van der Waals surface area contributed by atoms with E-state index in [1.807, 2.05) is 60.7 Å². The number of carboxylic acids is 1. The van der Waals surface area contributed by atoms with E-state index in [1.165, 1.54) is 0 Å². The van der Waals surface area contributed by atoms with Crippen LogP contribution in [0.1, 0.15) is 5.56 Å². The molecule has 20 heavy (non-hydrogen) atoms. The van der Waals surface area contributed by atoms with Crippen molar-refractivity contribution in [3.8, 4) is 0 Å². The van der Waals surface area contributed by atoms with Gasteiger partial charge < -0.3 is 15.1 Å². The number of anilines is 1. The number of carbonyl (C=O) groups is 1. The van der Waals surface area contributed by atoms with Gasteiger partial charge in [0.15, 0.2) is 6.04 Å². The second kappa shape index (κ2) is 6.73. The van der Waals surface area contributed by atoms with Gasteiger partial charge in [0.05, 0.1) is 6.61 Å². The molecule has 1 atom stereocenters. The molecular weight excluding hydrogens is 254 g/mol. The summed E-state index contributed by atoms with van der Waals surface area (Å²) in [4.78, 5) is 13.0. The van der Waals surface area contributed by atoms with Crippen LogP contribution < -0.4 is 4.90 Å². The highest BCUT2D eigenvalue weighted by molar-refractivity contribution is 5.78. The Morgan fingerprint density at radius 3 is 2.05 bits per heavy atom. The predicted molar refractivity (Wildman–Crippen MR) is 77.6 cm³/mol. The highest BCUT2D eigenvalue weighted by Crippen LogP contribution is 2.20. The molecule has 4 nitrogen and oxygen atoms in total. The fourth-order valence-corrected chi connectivity index (χ4v) is 2.09. The second-order valence-corrected chi connectivity index (χ2v) is 4.49. The summed E-state index contributed by atoms with van der Waals surface area (Å²) in [5.41, 5.74) is 1.77.